The predicted molar refractivity (Wildman–Crippen MR) is 103 cm³/mol. The number of hydrogen-bond acceptors (Lipinski definition) is 9. The minimum atomic E-state index is -1.14. The van der Waals surface area contributed by atoms with Gasteiger partial charge in [-0.3, -0.25) is 9.59 Å². The lowest BCUT2D eigenvalue weighted by Gasteiger charge is -2.16. The third kappa shape index (κ3) is 4.78. The van der Waals surface area contributed by atoms with Crippen molar-refractivity contribution in [3.05, 3.63) is 58.4 Å². The third-order valence-corrected chi connectivity index (χ3v) is 4.21. The molecule has 2 N–H and O–H groups in total. The fourth-order valence-corrected chi connectivity index (χ4v) is 2.90. The van der Waals surface area contributed by atoms with Gasteiger partial charge in [-0.15, -0.1) is 0 Å². The van der Waals surface area contributed by atoms with Crippen LogP contribution in [-0.2, 0) is 28.5 Å². The zero-order valence-electron chi connectivity index (χ0n) is 16.9. The van der Waals surface area contributed by atoms with Gasteiger partial charge in [-0.1, -0.05) is 12.1 Å². The van der Waals surface area contributed by atoms with Gasteiger partial charge < -0.3 is 24.7 Å². The molecule has 2 rings (SSSR count). The summed E-state index contributed by atoms with van der Waals surface area (Å²) in [6.45, 7) is 3.57. The molecular weight excluding hydrogens is 392 g/mol. The summed E-state index contributed by atoms with van der Waals surface area (Å²) in [6.07, 6.45) is -0.387. The van der Waals surface area contributed by atoms with E-state index < -0.39 is 23.6 Å². The number of esters is 2. The summed E-state index contributed by atoms with van der Waals surface area (Å²) in [7, 11) is 1.25. The number of nitrogens with zero attached hydrogens (tertiary/aromatic N) is 1. The topological polar surface area (TPSA) is 138 Å². The molecule has 9 heteroatoms. The highest BCUT2D eigenvalue weighted by Crippen LogP contribution is 2.35. The van der Waals surface area contributed by atoms with Crippen LogP contribution in [0.3, 0.4) is 0 Å². The number of carbonyl (C=O) groups is 3. The highest BCUT2D eigenvalue weighted by atomic mass is 16.5. The molecule has 0 amide bonds. The van der Waals surface area contributed by atoms with Gasteiger partial charge in [-0.05, 0) is 31.5 Å². The molecule has 1 aromatic rings. The number of Topliss-reactive ketones (excluding diaryl/α,β-unsaturated/α-hetero) is 1. The average molecular weight is 414 g/mol. The lowest BCUT2D eigenvalue weighted by Crippen LogP contribution is -2.20. The first-order valence-electron chi connectivity index (χ1n) is 9.19. The maximum atomic E-state index is 13.3. The molecule has 1 heterocycles. The number of ketones is 1. The van der Waals surface area contributed by atoms with Crippen LogP contribution in [0, 0.1) is 11.3 Å². The van der Waals surface area contributed by atoms with Gasteiger partial charge in [0.1, 0.15) is 18.1 Å². The van der Waals surface area contributed by atoms with Crippen molar-refractivity contribution in [2.45, 2.75) is 26.2 Å². The first kappa shape index (κ1) is 22.5. The molecule has 0 saturated heterocycles. The Morgan fingerprint density at radius 1 is 1.20 bits per heavy atom. The molecule has 0 radical (unpaired) electrons. The van der Waals surface area contributed by atoms with Crippen molar-refractivity contribution >= 4 is 17.7 Å². The summed E-state index contributed by atoms with van der Waals surface area (Å²) < 4.78 is 20.5. The normalized spacial score (nSPS) is 16.3. The fraction of sp³-hybridized carbons (Fsp3) is 0.333. The molecule has 158 valence electrons. The molecule has 30 heavy (non-hydrogen) atoms. The van der Waals surface area contributed by atoms with Crippen LogP contribution in [0.4, 0.5) is 0 Å². The highest BCUT2D eigenvalue weighted by Gasteiger charge is 2.37. The number of methoxy groups -OCH3 is 1. The van der Waals surface area contributed by atoms with Crippen molar-refractivity contribution in [3.63, 3.8) is 0 Å². The van der Waals surface area contributed by atoms with E-state index in [0.717, 1.165) is 0 Å². The van der Waals surface area contributed by atoms with Crippen LogP contribution in [0.25, 0.3) is 0 Å². The van der Waals surface area contributed by atoms with E-state index in [9.17, 15) is 19.6 Å². The molecule has 0 aliphatic carbocycles. The highest BCUT2D eigenvalue weighted by molar-refractivity contribution is 6.03. The molecular formula is C21H22N2O7. The lowest BCUT2D eigenvalue weighted by molar-refractivity contribution is -0.143. The Morgan fingerprint density at radius 3 is 2.40 bits per heavy atom. The number of nitrogens with two attached hydrogens (primary N) is 1. The number of carbonyl (C=O) groups excluding carboxylic acids is 3. The van der Waals surface area contributed by atoms with Crippen molar-refractivity contribution in [1.29, 1.82) is 5.26 Å². The molecule has 1 atom stereocenters. The Balaban J connectivity index is 2.56. The third-order valence-electron chi connectivity index (χ3n) is 4.21. The van der Waals surface area contributed by atoms with Crippen LogP contribution >= 0.6 is 0 Å². The summed E-state index contributed by atoms with van der Waals surface area (Å²) in [6, 6.07) is 7.86. The van der Waals surface area contributed by atoms with E-state index in [4.69, 9.17) is 19.9 Å². The first-order valence-corrected chi connectivity index (χ1v) is 9.19. The van der Waals surface area contributed by atoms with Crippen LogP contribution in [0.1, 0.15) is 42.1 Å². The monoisotopic (exact) mass is 414 g/mol. The van der Waals surface area contributed by atoms with E-state index in [0.29, 0.717) is 5.56 Å². The second-order valence-electron chi connectivity index (χ2n) is 6.07. The van der Waals surface area contributed by atoms with Gasteiger partial charge in [0.2, 0.25) is 17.4 Å². The van der Waals surface area contributed by atoms with Crippen molar-refractivity contribution in [1.82, 2.24) is 0 Å². The number of rotatable bonds is 7. The van der Waals surface area contributed by atoms with E-state index in [-0.39, 0.29) is 48.2 Å². The van der Waals surface area contributed by atoms with Gasteiger partial charge in [0.25, 0.3) is 0 Å². The molecule has 0 fully saturated rings. The van der Waals surface area contributed by atoms with E-state index in [1.54, 1.807) is 13.8 Å². The number of allylic oxidation sites excluding steroid dienone is 2. The van der Waals surface area contributed by atoms with Crippen LogP contribution in [0.2, 0.25) is 0 Å². The van der Waals surface area contributed by atoms with Gasteiger partial charge in [-0.2, -0.15) is 5.26 Å². The molecule has 1 aromatic carbocycles. The van der Waals surface area contributed by atoms with Crippen molar-refractivity contribution in [3.8, 4) is 6.07 Å². The van der Waals surface area contributed by atoms with E-state index in [2.05, 4.69) is 4.74 Å². The quantitative estimate of drug-likeness (QED) is 0.664. The zero-order chi connectivity index (χ0) is 22.3. The first-order chi connectivity index (χ1) is 14.4. The molecule has 9 nitrogen and oxygen atoms in total. The summed E-state index contributed by atoms with van der Waals surface area (Å²) >= 11 is 0. The summed E-state index contributed by atoms with van der Waals surface area (Å²) in [5, 5.41) is 9.64. The summed E-state index contributed by atoms with van der Waals surface area (Å²) in [5.74, 6) is -3.56. The maximum absolute atomic E-state index is 13.3. The Hall–Kier alpha value is -3.80. The van der Waals surface area contributed by atoms with Gasteiger partial charge in [0.05, 0.1) is 31.8 Å². The molecule has 1 unspecified atom stereocenters. The molecule has 0 spiro atoms. The van der Waals surface area contributed by atoms with Crippen LogP contribution in [0.15, 0.2) is 47.2 Å². The number of ether oxygens (including phenoxy) is 4. The molecule has 0 aromatic heterocycles. The van der Waals surface area contributed by atoms with Crippen molar-refractivity contribution in [2.75, 3.05) is 20.3 Å². The van der Waals surface area contributed by atoms with E-state index in [1.807, 2.05) is 6.07 Å². The Morgan fingerprint density at radius 2 is 1.87 bits per heavy atom. The van der Waals surface area contributed by atoms with E-state index >= 15 is 0 Å². The minimum Gasteiger partial charge on any atom is -0.487 e. The summed E-state index contributed by atoms with van der Waals surface area (Å²) in [5.41, 5.74) is 6.48. The standard InChI is InChI=1S/C21H22N2O7/c1-4-28-16(24)10-15-19(29-5-2)18(25)17(14(11-22)20(23)30-15)12-6-8-13(9-7-12)21(26)27-3/h6-9,17H,4-5,10,23H2,1-3H3. The van der Waals surface area contributed by atoms with Gasteiger partial charge >= 0.3 is 11.9 Å². The number of benzene rings is 1. The van der Waals surface area contributed by atoms with Gasteiger partial charge in [-0.25, -0.2) is 4.79 Å². The Labute approximate surface area is 173 Å². The fourth-order valence-electron chi connectivity index (χ4n) is 2.90. The van der Waals surface area contributed by atoms with Crippen molar-refractivity contribution < 1.29 is 33.3 Å². The lowest BCUT2D eigenvalue weighted by atomic mass is 9.86. The second-order valence-corrected chi connectivity index (χ2v) is 6.07. The predicted octanol–water partition coefficient (Wildman–Crippen LogP) is 2.05. The second kappa shape index (κ2) is 10.1. The van der Waals surface area contributed by atoms with Gasteiger partial charge in [0.15, 0.2) is 5.76 Å². The van der Waals surface area contributed by atoms with Crippen LogP contribution in [-0.4, -0.2) is 38.0 Å². The average Bonchev–Trinajstić information content (AvgIpc) is 2.83. The minimum absolute atomic E-state index is 0.118. The Kier molecular flexibility index (Phi) is 7.58. The van der Waals surface area contributed by atoms with Crippen LogP contribution < -0.4 is 5.73 Å². The van der Waals surface area contributed by atoms with Gasteiger partial charge in [0, 0.05) is 0 Å². The molecule has 0 saturated carbocycles. The zero-order valence-corrected chi connectivity index (χ0v) is 16.9. The molecule has 1 aliphatic heterocycles. The number of nitriles is 1. The number of hydrogen-bond donors (Lipinski definition) is 1. The molecule has 0 bridgehead atoms. The van der Waals surface area contributed by atoms with Crippen molar-refractivity contribution in [2.24, 2.45) is 5.73 Å². The van der Waals surface area contributed by atoms with Crippen LogP contribution in [0.5, 0.6) is 0 Å². The smallest absolute Gasteiger partial charge is 0.337 e. The molecule has 1 aliphatic rings. The summed E-state index contributed by atoms with van der Waals surface area (Å²) in [4.78, 5) is 36.9. The SMILES string of the molecule is CCOC(=O)CC1=C(OCC)C(=O)C(c2ccc(C(=O)OC)cc2)C(C#N)=C(N)O1. The largest absolute Gasteiger partial charge is 0.487 e. The Bertz CT molecular complexity index is 939. The maximum Gasteiger partial charge on any atom is 0.337 e. The van der Waals surface area contributed by atoms with E-state index in [1.165, 1.54) is 31.4 Å².